The van der Waals surface area contributed by atoms with Gasteiger partial charge >= 0.3 is 0 Å². The maximum absolute atomic E-state index is 12.1. The van der Waals surface area contributed by atoms with E-state index in [0.29, 0.717) is 26.2 Å². The van der Waals surface area contributed by atoms with Crippen LogP contribution in [0.4, 0.5) is 0 Å². The van der Waals surface area contributed by atoms with E-state index in [1.54, 1.807) is 14.1 Å². The second kappa shape index (κ2) is 6.46. The van der Waals surface area contributed by atoms with Gasteiger partial charge in [0.2, 0.25) is 5.91 Å². The van der Waals surface area contributed by atoms with Gasteiger partial charge in [-0.15, -0.1) is 0 Å². The molecule has 1 atom stereocenters. The van der Waals surface area contributed by atoms with Gasteiger partial charge in [-0.25, -0.2) is 4.72 Å². The van der Waals surface area contributed by atoms with Crippen LogP contribution in [0.3, 0.4) is 0 Å². The quantitative estimate of drug-likeness (QED) is 0.647. The average molecular weight is 278 g/mol. The van der Waals surface area contributed by atoms with Crippen LogP contribution in [-0.2, 0) is 15.0 Å². The molecule has 0 bridgehead atoms. The molecular weight excluding hydrogens is 256 g/mol. The molecule has 1 rings (SSSR count). The summed E-state index contributed by atoms with van der Waals surface area (Å²) in [5.41, 5.74) is 0. The molecule has 1 aliphatic rings. The molecule has 0 aliphatic carbocycles. The zero-order valence-corrected chi connectivity index (χ0v) is 12.0. The maximum Gasteiger partial charge on any atom is 0.280 e. The van der Waals surface area contributed by atoms with Crippen molar-refractivity contribution in [1.29, 1.82) is 0 Å². The Kier molecular flexibility index (Phi) is 5.51. The van der Waals surface area contributed by atoms with E-state index >= 15 is 0 Å². The van der Waals surface area contributed by atoms with Crippen LogP contribution in [0.25, 0.3) is 0 Å². The van der Waals surface area contributed by atoms with Gasteiger partial charge in [-0.3, -0.25) is 4.79 Å². The van der Waals surface area contributed by atoms with Crippen molar-refractivity contribution in [2.75, 3.05) is 40.3 Å². The molecule has 1 saturated heterocycles. The molecule has 1 amide bonds. The van der Waals surface area contributed by atoms with Crippen molar-refractivity contribution in [2.45, 2.75) is 19.4 Å². The molecule has 7 nitrogen and oxygen atoms in total. The molecule has 18 heavy (non-hydrogen) atoms. The van der Waals surface area contributed by atoms with Crippen molar-refractivity contribution < 1.29 is 13.2 Å². The number of rotatable bonds is 5. The van der Waals surface area contributed by atoms with E-state index in [1.165, 1.54) is 9.21 Å². The van der Waals surface area contributed by atoms with Crippen LogP contribution in [0.15, 0.2) is 0 Å². The third-order valence-corrected chi connectivity index (χ3v) is 4.39. The monoisotopic (exact) mass is 278 g/mol. The van der Waals surface area contributed by atoms with Crippen molar-refractivity contribution in [1.82, 2.24) is 19.2 Å². The summed E-state index contributed by atoms with van der Waals surface area (Å²) in [6.45, 7) is 3.50. The first-order valence-electron chi connectivity index (χ1n) is 6.08. The van der Waals surface area contributed by atoms with E-state index in [0.717, 1.165) is 6.42 Å². The number of amides is 1. The van der Waals surface area contributed by atoms with Crippen LogP contribution in [0.1, 0.15) is 13.3 Å². The number of carbonyl (C=O) groups is 1. The number of likely N-dealkylation sites (N-methyl/N-ethyl adjacent to an activating group) is 1. The smallest absolute Gasteiger partial charge is 0.280 e. The maximum atomic E-state index is 12.1. The Morgan fingerprint density at radius 3 is 2.72 bits per heavy atom. The molecule has 1 unspecified atom stereocenters. The molecule has 0 aromatic heterocycles. The Morgan fingerprint density at radius 2 is 2.17 bits per heavy atom. The summed E-state index contributed by atoms with van der Waals surface area (Å²) in [5.74, 6) is -0.205. The number of nitrogens with one attached hydrogen (secondary N) is 2. The molecule has 2 N–H and O–H groups in total. The van der Waals surface area contributed by atoms with Crippen LogP contribution in [-0.4, -0.2) is 69.8 Å². The van der Waals surface area contributed by atoms with Crippen molar-refractivity contribution >= 4 is 16.1 Å². The number of piperazine rings is 1. The zero-order valence-electron chi connectivity index (χ0n) is 11.1. The normalized spacial score (nSPS) is 21.8. The first-order chi connectivity index (χ1) is 8.40. The molecule has 1 fully saturated rings. The minimum atomic E-state index is -3.58. The van der Waals surface area contributed by atoms with E-state index in [1.807, 2.05) is 6.92 Å². The van der Waals surface area contributed by atoms with Gasteiger partial charge in [0.1, 0.15) is 6.04 Å². The minimum Gasteiger partial charge on any atom is -0.347 e. The van der Waals surface area contributed by atoms with Gasteiger partial charge in [-0.05, 0) is 6.42 Å². The van der Waals surface area contributed by atoms with Gasteiger partial charge in [0.05, 0.1) is 0 Å². The Morgan fingerprint density at radius 1 is 1.50 bits per heavy atom. The fraction of sp³-hybridized carbons (Fsp3) is 0.900. The van der Waals surface area contributed by atoms with Crippen LogP contribution in [0.2, 0.25) is 0 Å². The summed E-state index contributed by atoms with van der Waals surface area (Å²) in [7, 11) is -0.325. The van der Waals surface area contributed by atoms with E-state index in [4.69, 9.17) is 0 Å². The van der Waals surface area contributed by atoms with Crippen LogP contribution >= 0.6 is 0 Å². The van der Waals surface area contributed by atoms with E-state index < -0.39 is 16.3 Å². The molecule has 106 valence electrons. The number of nitrogens with zero attached hydrogens (tertiary/aromatic N) is 2. The highest BCUT2D eigenvalue weighted by Gasteiger charge is 2.37. The van der Waals surface area contributed by atoms with Gasteiger partial charge in [-0.2, -0.15) is 12.7 Å². The SMILES string of the molecule is CCCNS(=O)(=O)N1CCNCC1C(=O)N(C)C. The Balaban J connectivity index is 2.85. The molecule has 1 aliphatic heterocycles. The fourth-order valence-electron chi connectivity index (χ4n) is 1.80. The van der Waals surface area contributed by atoms with Gasteiger partial charge in [0.25, 0.3) is 10.2 Å². The number of hydrogen-bond acceptors (Lipinski definition) is 4. The first kappa shape index (κ1) is 15.4. The van der Waals surface area contributed by atoms with Crippen molar-refractivity contribution in [3.05, 3.63) is 0 Å². The molecular formula is C10H22N4O3S. The van der Waals surface area contributed by atoms with Gasteiger partial charge in [0, 0.05) is 40.3 Å². The predicted octanol–water partition coefficient (Wildman–Crippen LogP) is -1.41. The van der Waals surface area contributed by atoms with Gasteiger partial charge in [-0.1, -0.05) is 6.92 Å². The van der Waals surface area contributed by atoms with Gasteiger partial charge < -0.3 is 10.2 Å². The second-order valence-electron chi connectivity index (χ2n) is 4.46. The van der Waals surface area contributed by atoms with Crippen molar-refractivity contribution in [3.63, 3.8) is 0 Å². The largest absolute Gasteiger partial charge is 0.347 e. The summed E-state index contributed by atoms with van der Waals surface area (Å²) in [4.78, 5) is 13.4. The summed E-state index contributed by atoms with van der Waals surface area (Å²) in [6.07, 6.45) is 0.720. The van der Waals surface area contributed by atoms with Crippen molar-refractivity contribution in [2.24, 2.45) is 0 Å². The Bertz CT molecular complexity index is 383. The molecule has 1 heterocycles. The molecule has 0 radical (unpaired) electrons. The highest BCUT2D eigenvalue weighted by atomic mass is 32.2. The van der Waals surface area contributed by atoms with Crippen LogP contribution in [0.5, 0.6) is 0 Å². The molecule has 0 spiro atoms. The average Bonchev–Trinajstić information content (AvgIpc) is 2.35. The van der Waals surface area contributed by atoms with E-state index in [-0.39, 0.29) is 5.91 Å². The second-order valence-corrected chi connectivity index (χ2v) is 6.17. The van der Waals surface area contributed by atoms with E-state index in [9.17, 15) is 13.2 Å². The third kappa shape index (κ3) is 3.64. The van der Waals surface area contributed by atoms with Gasteiger partial charge in [0.15, 0.2) is 0 Å². The summed E-state index contributed by atoms with van der Waals surface area (Å²) < 4.78 is 27.9. The van der Waals surface area contributed by atoms with Crippen molar-refractivity contribution in [3.8, 4) is 0 Å². The summed E-state index contributed by atoms with van der Waals surface area (Å²) in [5, 5.41) is 3.05. The lowest BCUT2D eigenvalue weighted by Gasteiger charge is -2.35. The molecule has 0 aromatic carbocycles. The molecule has 8 heteroatoms. The number of hydrogen-bond donors (Lipinski definition) is 2. The Hall–Kier alpha value is -0.700. The lowest BCUT2D eigenvalue weighted by molar-refractivity contribution is -0.133. The lowest BCUT2D eigenvalue weighted by atomic mass is 10.2. The van der Waals surface area contributed by atoms with Crippen LogP contribution in [0, 0.1) is 0 Å². The summed E-state index contributed by atoms with van der Waals surface area (Å²) in [6, 6.07) is -0.664. The van der Waals surface area contributed by atoms with E-state index in [2.05, 4.69) is 10.0 Å². The topological polar surface area (TPSA) is 81.8 Å². The summed E-state index contributed by atoms with van der Waals surface area (Å²) >= 11 is 0. The minimum absolute atomic E-state index is 0.205. The first-order valence-corrected chi connectivity index (χ1v) is 7.52. The molecule has 0 aromatic rings. The highest BCUT2D eigenvalue weighted by molar-refractivity contribution is 7.87. The fourth-order valence-corrected chi connectivity index (χ4v) is 3.26. The predicted molar refractivity (Wildman–Crippen MR) is 69.3 cm³/mol. The standard InChI is InChI=1S/C10H22N4O3S/c1-4-5-12-18(16,17)14-7-6-11-8-9(14)10(15)13(2)3/h9,11-12H,4-8H2,1-3H3. The van der Waals surface area contributed by atoms with Crippen LogP contribution < -0.4 is 10.0 Å². The zero-order chi connectivity index (χ0) is 13.8. The highest BCUT2D eigenvalue weighted by Crippen LogP contribution is 2.10. The third-order valence-electron chi connectivity index (χ3n) is 2.76. The lowest BCUT2D eigenvalue weighted by Crippen LogP contribution is -2.61. The Labute approximate surface area is 109 Å². The number of carbonyl (C=O) groups excluding carboxylic acids is 1. The molecule has 0 saturated carbocycles.